The van der Waals surface area contributed by atoms with Crippen LogP contribution in [0.15, 0.2) is 52.5 Å². The summed E-state index contributed by atoms with van der Waals surface area (Å²) in [6.07, 6.45) is -6.18. The topological polar surface area (TPSA) is 79.6 Å². The first-order chi connectivity index (χ1) is 18.8. The number of amidine groups is 1. The van der Waals surface area contributed by atoms with E-state index in [2.05, 4.69) is 10.1 Å². The standard InChI is InChI=1S/C25H18ClF6N5O2S/c26-16-3-2-14(18(9-16)24(27,28)29)11-37-19-4-1-13(7-15(19)10-33-37)8-20-21(38)35-23(40-20)36-6-5-17(12-36)34-22(39)25(30,31)32/h1-4,7-10,17H,5-6,11-12H2,(H,34,39)/b20-8-. The predicted molar refractivity (Wildman–Crippen MR) is 137 cm³/mol. The molecule has 5 rings (SSSR count). The van der Waals surface area contributed by atoms with Crippen molar-refractivity contribution in [3.8, 4) is 0 Å². The molecular weight excluding hydrogens is 584 g/mol. The number of nitrogens with zero attached hydrogens (tertiary/aromatic N) is 4. The zero-order chi connectivity index (χ0) is 28.8. The molecule has 1 aromatic heterocycles. The molecule has 0 spiro atoms. The number of rotatable bonds is 4. The molecule has 1 N–H and O–H groups in total. The molecule has 40 heavy (non-hydrogen) atoms. The molecule has 0 aliphatic carbocycles. The Hall–Kier alpha value is -3.52. The van der Waals surface area contributed by atoms with E-state index in [9.17, 15) is 35.9 Å². The number of carbonyl (C=O) groups is 2. The molecule has 210 valence electrons. The van der Waals surface area contributed by atoms with E-state index in [0.29, 0.717) is 33.1 Å². The summed E-state index contributed by atoms with van der Waals surface area (Å²) in [5, 5.41) is 7.11. The Morgan fingerprint density at radius 2 is 1.93 bits per heavy atom. The molecule has 0 radical (unpaired) electrons. The second kappa shape index (κ2) is 10.5. The minimum atomic E-state index is -4.97. The molecule has 0 saturated carbocycles. The maximum atomic E-state index is 13.5. The lowest BCUT2D eigenvalue weighted by molar-refractivity contribution is -0.174. The van der Waals surface area contributed by atoms with Crippen molar-refractivity contribution < 1.29 is 35.9 Å². The SMILES string of the molecule is O=C1N=C(N2CCC(NC(=O)C(F)(F)F)C2)S/C1=C\c1ccc2c(cnn2Cc2ccc(Cl)cc2C(F)(F)F)c1. The Bertz CT molecular complexity index is 1570. The molecule has 1 atom stereocenters. The predicted octanol–water partition coefficient (Wildman–Crippen LogP) is 5.48. The average molecular weight is 602 g/mol. The van der Waals surface area contributed by atoms with Gasteiger partial charge in [0.1, 0.15) is 0 Å². The fourth-order valence-corrected chi connectivity index (χ4v) is 5.56. The van der Waals surface area contributed by atoms with Gasteiger partial charge in [0.25, 0.3) is 5.91 Å². The lowest BCUT2D eigenvalue weighted by Gasteiger charge is -2.17. The third kappa shape index (κ3) is 5.97. The molecule has 2 aliphatic heterocycles. The number of nitrogens with one attached hydrogen (secondary N) is 1. The minimum Gasteiger partial charge on any atom is -0.349 e. The van der Waals surface area contributed by atoms with Gasteiger partial charge in [-0.1, -0.05) is 23.7 Å². The Labute approximate surface area is 231 Å². The van der Waals surface area contributed by atoms with Gasteiger partial charge in [0.2, 0.25) is 0 Å². The summed E-state index contributed by atoms with van der Waals surface area (Å²) in [6.45, 7) is 0.273. The summed E-state index contributed by atoms with van der Waals surface area (Å²) in [6, 6.07) is 7.94. The van der Waals surface area contributed by atoms with Crippen LogP contribution in [0.1, 0.15) is 23.1 Å². The van der Waals surface area contributed by atoms with E-state index in [1.54, 1.807) is 29.2 Å². The first-order valence-electron chi connectivity index (χ1n) is 11.7. The van der Waals surface area contributed by atoms with Crippen LogP contribution in [-0.2, 0) is 22.3 Å². The highest BCUT2D eigenvalue weighted by atomic mass is 35.5. The Kier molecular flexibility index (Phi) is 7.33. The Morgan fingerprint density at radius 3 is 2.65 bits per heavy atom. The number of thioether (sulfide) groups is 1. The molecule has 0 bridgehead atoms. The minimum absolute atomic E-state index is 0.00727. The highest BCUT2D eigenvalue weighted by Gasteiger charge is 2.41. The number of carbonyl (C=O) groups excluding carboxylic acids is 2. The van der Waals surface area contributed by atoms with E-state index in [1.165, 1.54) is 23.0 Å². The highest BCUT2D eigenvalue weighted by Crippen LogP contribution is 2.35. The number of aromatic nitrogens is 2. The van der Waals surface area contributed by atoms with E-state index in [1.807, 2.05) is 5.32 Å². The number of alkyl halides is 6. The van der Waals surface area contributed by atoms with Gasteiger partial charge in [-0.05, 0) is 59.7 Å². The monoisotopic (exact) mass is 601 g/mol. The first-order valence-corrected chi connectivity index (χ1v) is 12.9. The third-order valence-corrected chi connectivity index (χ3v) is 7.60. The Balaban J connectivity index is 1.28. The number of amides is 2. The van der Waals surface area contributed by atoms with E-state index in [4.69, 9.17) is 11.6 Å². The van der Waals surface area contributed by atoms with Crippen LogP contribution in [0.3, 0.4) is 0 Å². The van der Waals surface area contributed by atoms with E-state index >= 15 is 0 Å². The molecule has 7 nitrogen and oxygen atoms in total. The molecule has 1 fully saturated rings. The number of likely N-dealkylation sites (tertiary alicyclic amines) is 1. The van der Waals surface area contributed by atoms with Crippen LogP contribution in [0.25, 0.3) is 17.0 Å². The van der Waals surface area contributed by atoms with Gasteiger partial charge in [-0.25, -0.2) is 0 Å². The molecule has 2 aliphatic rings. The molecular formula is C25H18ClF6N5O2S. The lowest BCUT2D eigenvalue weighted by atomic mass is 10.1. The number of hydrogen-bond acceptors (Lipinski definition) is 5. The molecule has 2 aromatic carbocycles. The van der Waals surface area contributed by atoms with Crippen LogP contribution in [0.2, 0.25) is 5.02 Å². The van der Waals surface area contributed by atoms with Crippen LogP contribution < -0.4 is 5.32 Å². The van der Waals surface area contributed by atoms with Gasteiger partial charge in [0.05, 0.1) is 28.7 Å². The first kappa shape index (κ1) is 28.0. The maximum Gasteiger partial charge on any atom is 0.471 e. The fourth-order valence-electron chi connectivity index (χ4n) is 4.44. The Morgan fingerprint density at radius 1 is 1.15 bits per heavy atom. The summed E-state index contributed by atoms with van der Waals surface area (Å²) in [7, 11) is 0. The van der Waals surface area contributed by atoms with E-state index in [0.717, 1.165) is 17.8 Å². The fraction of sp³-hybridized carbons (Fsp3) is 0.280. The van der Waals surface area contributed by atoms with Gasteiger partial charge in [0, 0.05) is 29.5 Å². The normalized spacial score (nSPS) is 19.1. The largest absolute Gasteiger partial charge is 0.471 e. The van der Waals surface area contributed by atoms with Crippen molar-refractivity contribution in [1.29, 1.82) is 0 Å². The summed E-state index contributed by atoms with van der Waals surface area (Å²) < 4.78 is 79.5. The average Bonchev–Trinajstić information content (AvgIpc) is 3.58. The summed E-state index contributed by atoms with van der Waals surface area (Å²) in [5.41, 5.74) is 0.368. The zero-order valence-corrected chi connectivity index (χ0v) is 21.8. The van der Waals surface area contributed by atoms with Crippen LogP contribution in [0, 0.1) is 0 Å². The molecule has 15 heteroatoms. The number of aliphatic imine (C=N–C) groups is 1. The second-order valence-corrected chi connectivity index (χ2v) is 10.6. The quantitative estimate of drug-likeness (QED) is 0.317. The maximum absolute atomic E-state index is 13.5. The van der Waals surface area contributed by atoms with Gasteiger partial charge in [-0.2, -0.15) is 36.4 Å². The van der Waals surface area contributed by atoms with Crippen molar-refractivity contribution in [3.05, 3.63) is 69.2 Å². The number of hydrogen-bond donors (Lipinski definition) is 1. The number of fused-ring (bicyclic) bond motifs is 1. The summed E-state index contributed by atoms with van der Waals surface area (Å²) >= 11 is 6.83. The van der Waals surface area contributed by atoms with Gasteiger partial charge >= 0.3 is 18.3 Å². The van der Waals surface area contributed by atoms with Crippen molar-refractivity contribution in [2.45, 2.75) is 31.4 Å². The van der Waals surface area contributed by atoms with Crippen molar-refractivity contribution in [2.24, 2.45) is 4.99 Å². The highest BCUT2D eigenvalue weighted by molar-refractivity contribution is 8.18. The summed E-state index contributed by atoms with van der Waals surface area (Å²) in [5.74, 6) is -2.52. The second-order valence-electron chi connectivity index (χ2n) is 9.13. The zero-order valence-electron chi connectivity index (χ0n) is 20.2. The van der Waals surface area contributed by atoms with Gasteiger partial charge in [0.15, 0.2) is 5.17 Å². The van der Waals surface area contributed by atoms with E-state index < -0.39 is 35.8 Å². The summed E-state index contributed by atoms with van der Waals surface area (Å²) in [4.78, 5) is 29.6. The van der Waals surface area contributed by atoms with Crippen LogP contribution >= 0.6 is 23.4 Å². The van der Waals surface area contributed by atoms with Crippen LogP contribution in [0.4, 0.5) is 26.3 Å². The van der Waals surface area contributed by atoms with Gasteiger partial charge in [-0.3, -0.25) is 14.3 Å². The third-order valence-electron chi connectivity index (χ3n) is 6.32. The van der Waals surface area contributed by atoms with Crippen molar-refractivity contribution in [1.82, 2.24) is 20.0 Å². The van der Waals surface area contributed by atoms with Crippen molar-refractivity contribution in [3.63, 3.8) is 0 Å². The molecule has 3 aromatic rings. The van der Waals surface area contributed by atoms with Crippen molar-refractivity contribution >= 4 is 57.3 Å². The van der Waals surface area contributed by atoms with Crippen molar-refractivity contribution in [2.75, 3.05) is 13.1 Å². The van der Waals surface area contributed by atoms with Crippen LogP contribution in [-0.4, -0.2) is 57.0 Å². The molecule has 3 heterocycles. The van der Waals surface area contributed by atoms with Crippen LogP contribution in [0.5, 0.6) is 0 Å². The number of benzene rings is 2. The molecule has 1 saturated heterocycles. The van der Waals surface area contributed by atoms with E-state index in [-0.39, 0.29) is 30.1 Å². The lowest BCUT2D eigenvalue weighted by Crippen LogP contribution is -2.44. The van der Waals surface area contributed by atoms with Gasteiger partial charge < -0.3 is 10.2 Å². The smallest absolute Gasteiger partial charge is 0.349 e. The molecule has 1 unspecified atom stereocenters. The van der Waals surface area contributed by atoms with Gasteiger partial charge in [-0.15, -0.1) is 0 Å². The molecule has 2 amide bonds. The number of halogens is 7.